The molecule has 1 amide bonds. The van der Waals surface area contributed by atoms with Crippen molar-refractivity contribution in [3.05, 3.63) is 29.3 Å². The molecular weight excluding hydrogens is 242 g/mol. The molecule has 1 aromatic rings. The summed E-state index contributed by atoms with van der Waals surface area (Å²) in [5.41, 5.74) is 2.22. The zero-order valence-corrected chi connectivity index (χ0v) is 11.5. The zero-order valence-electron chi connectivity index (χ0n) is 11.5. The van der Waals surface area contributed by atoms with Crippen LogP contribution in [0.4, 0.5) is 0 Å². The fraction of sp³-hybridized carbons (Fsp3) is 0.533. The van der Waals surface area contributed by atoms with Gasteiger partial charge < -0.3 is 15.2 Å². The Labute approximate surface area is 113 Å². The van der Waals surface area contributed by atoms with Crippen LogP contribution < -0.4 is 10.1 Å². The number of rotatable bonds is 6. The van der Waals surface area contributed by atoms with Gasteiger partial charge in [-0.15, -0.1) is 0 Å². The maximum absolute atomic E-state index is 11.6. The molecular formula is C15H21NO3. The first-order chi connectivity index (χ1) is 9.04. The van der Waals surface area contributed by atoms with Gasteiger partial charge in [0.1, 0.15) is 5.75 Å². The SMILES string of the molecule is Cc1cc(C)cc(OCC(=O)NCC(O)C2CC2)c1. The number of nitrogens with one attached hydrogen (secondary N) is 1. The highest BCUT2D eigenvalue weighted by molar-refractivity contribution is 5.77. The van der Waals surface area contributed by atoms with Crippen LogP contribution in [0.3, 0.4) is 0 Å². The third-order valence-corrected chi connectivity index (χ3v) is 3.24. The summed E-state index contributed by atoms with van der Waals surface area (Å²) in [6, 6.07) is 5.86. The van der Waals surface area contributed by atoms with Gasteiger partial charge in [0.05, 0.1) is 6.10 Å². The molecule has 0 spiro atoms. The number of aliphatic hydroxyl groups excluding tert-OH is 1. The lowest BCUT2D eigenvalue weighted by Gasteiger charge is -2.11. The average molecular weight is 263 g/mol. The molecule has 1 atom stereocenters. The highest BCUT2D eigenvalue weighted by atomic mass is 16.5. The molecule has 0 heterocycles. The smallest absolute Gasteiger partial charge is 0.258 e. The van der Waals surface area contributed by atoms with Crippen LogP contribution in [-0.4, -0.2) is 30.3 Å². The molecule has 1 aromatic carbocycles. The average Bonchev–Trinajstić information content (AvgIpc) is 3.16. The Kier molecular flexibility index (Phi) is 4.43. The fourth-order valence-electron chi connectivity index (χ4n) is 2.08. The van der Waals surface area contributed by atoms with Crippen molar-refractivity contribution in [1.82, 2.24) is 5.32 Å². The Morgan fingerprint density at radius 2 is 2.00 bits per heavy atom. The lowest BCUT2D eigenvalue weighted by Crippen LogP contribution is -2.36. The summed E-state index contributed by atoms with van der Waals surface area (Å²) < 4.78 is 5.44. The van der Waals surface area contributed by atoms with E-state index >= 15 is 0 Å². The molecule has 0 bridgehead atoms. The summed E-state index contributed by atoms with van der Waals surface area (Å²) in [6.07, 6.45) is 1.72. The molecule has 0 aliphatic heterocycles. The number of ether oxygens (including phenoxy) is 1. The monoisotopic (exact) mass is 263 g/mol. The number of hydrogen-bond donors (Lipinski definition) is 2. The molecule has 2 N–H and O–H groups in total. The Morgan fingerprint density at radius 1 is 1.37 bits per heavy atom. The van der Waals surface area contributed by atoms with Gasteiger partial charge in [0.25, 0.3) is 5.91 Å². The van der Waals surface area contributed by atoms with E-state index in [9.17, 15) is 9.90 Å². The van der Waals surface area contributed by atoms with Crippen molar-refractivity contribution in [3.63, 3.8) is 0 Å². The van der Waals surface area contributed by atoms with Crippen LogP contribution in [0.25, 0.3) is 0 Å². The number of aliphatic hydroxyl groups is 1. The second-order valence-corrected chi connectivity index (χ2v) is 5.32. The summed E-state index contributed by atoms with van der Waals surface area (Å²) >= 11 is 0. The second kappa shape index (κ2) is 6.06. The van der Waals surface area contributed by atoms with E-state index in [-0.39, 0.29) is 12.5 Å². The predicted molar refractivity (Wildman–Crippen MR) is 73.2 cm³/mol. The van der Waals surface area contributed by atoms with Crippen molar-refractivity contribution >= 4 is 5.91 Å². The molecule has 1 aliphatic rings. The van der Waals surface area contributed by atoms with E-state index < -0.39 is 6.10 Å². The number of benzene rings is 1. The van der Waals surface area contributed by atoms with Crippen LogP contribution in [0.1, 0.15) is 24.0 Å². The standard InChI is InChI=1S/C15H21NO3/c1-10-5-11(2)7-13(6-10)19-9-15(18)16-8-14(17)12-3-4-12/h5-7,12,14,17H,3-4,8-9H2,1-2H3,(H,16,18). The van der Waals surface area contributed by atoms with Crippen LogP contribution in [0.15, 0.2) is 18.2 Å². The van der Waals surface area contributed by atoms with E-state index in [0.717, 1.165) is 24.0 Å². The quantitative estimate of drug-likeness (QED) is 0.819. The first kappa shape index (κ1) is 13.9. The van der Waals surface area contributed by atoms with Gasteiger partial charge in [-0.25, -0.2) is 0 Å². The molecule has 0 saturated heterocycles. The molecule has 1 saturated carbocycles. The summed E-state index contributed by atoms with van der Waals surface area (Å²) in [5.74, 6) is 0.884. The third-order valence-electron chi connectivity index (χ3n) is 3.24. The van der Waals surface area contributed by atoms with Crippen LogP contribution >= 0.6 is 0 Å². The number of carbonyl (C=O) groups is 1. The number of aryl methyl sites for hydroxylation is 2. The number of amides is 1. The minimum absolute atomic E-state index is 0.0136. The summed E-state index contributed by atoms with van der Waals surface area (Å²) in [6.45, 7) is 4.29. The molecule has 104 valence electrons. The minimum Gasteiger partial charge on any atom is -0.484 e. The normalized spacial score (nSPS) is 15.9. The van der Waals surface area contributed by atoms with Crippen LogP contribution in [-0.2, 0) is 4.79 Å². The van der Waals surface area contributed by atoms with Gasteiger partial charge in [0, 0.05) is 6.54 Å². The van der Waals surface area contributed by atoms with Gasteiger partial charge in [-0.2, -0.15) is 0 Å². The summed E-state index contributed by atoms with van der Waals surface area (Å²) in [5, 5.41) is 12.3. The molecule has 4 nitrogen and oxygen atoms in total. The highest BCUT2D eigenvalue weighted by Crippen LogP contribution is 2.32. The second-order valence-electron chi connectivity index (χ2n) is 5.32. The molecule has 19 heavy (non-hydrogen) atoms. The van der Waals surface area contributed by atoms with Crippen molar-refractivity contribution in [2.24, 2.45) is 5.92 Å². The molecule has 1 unspecified atom stereocenters. The van der Waals surface area contributed by atoms with Crippen LogP contribution in [0.2, 0.25) is 0 Å². The lowest BCUT2D eigenvalue weighted by atomic mass is 10.1. The lowest BCUT2D eigenvalue weighted by molar-refractivity contribution is -0.123. The molecule has 1 aliphatic carbocycles. The van der Waals surface area contributed by atoms with Crippen molar-refractivity contribution in [1.29, 1.82) is 0 Å². The Morgan fingerprint density at radius 3 is 2.58 bits per heavy atom. The molecule has 1 fully saturated rings. The van der Waals surface area contributed by atoms with Crippen molar-refractivity contribution < 1.29 is 14.6 Å². The molecule has 0 radical (unpaired) electrons. The first-order valence-corrected chi connectivity index (χ1v) is 6.70. The Bertz CT molecular complexity index is 434. The van der Waals surface area contributed by atoms with Gasteiger partial charge in [0.2, 0.25) is 0 Å². The van der Waals surface area contributed by atoms with Crippen molar-refractivity contribution in [3.8, 4) is 5.75 Å². The van der Waals surface area contributed by atoms with Gasteiger partial charge in [-0.3, -0.25) is 4.79 Å². The van der Waals surface area contributed by atoms with Crippen LogP contribution in [0.5, 0.6) is 5.75 Å². The number of hydrogen-bond acceptors (Lipinski definition) is 3. The summed E-state index contributed by atoms with van der Waals surface area (Å²) in [7, 11) is 0. The Balaban J connectivity index is 1.73. The predicted octanol–water partition coefficient (Wildman–Crippen LogP) is 1.57. The van der Waals surface area contributed by atoms with E-state index in [1.807, 2.05) is 26.0 Å². The van der Waals surface area contributed by atoms with Gasteiger partial charge in [-0.1, -0.05) is 6.07 Å². The molecule has 2 rings (SSSR count). The van der Waals surface area contributed by atoms with E-state index in [4.69, 9.17) is 4.74 Å². The third kappa shape index (κ3) is 4.56. The van der Waals surface area contributed by atoms with Crippen molar-refractivity contribution in [2.45, 2.75) is 32.8 Å². The van der Waals surface area contributed by atoms with Crippen LogP contribution in [0, 0.1) is 19.8 Å². The fourth-order valence-corrected chi connectivity index (χ4v) is 2.08. The maximum Gasteiger partial charge on any atom is 0.258 e. The van der Waals surface area contributed by atoms with Gasteiger partial charge in [0.15, 0.2) is 6.61 Å². The van der Waals surface area contributed by atoms with E-state index in [1.54, 1.807) is 0 Å². The molecule has 4 heteroatoms. The van der Waals surface area contributed by atoms with E-state index in [1.165, 1.54) is 0 Å². The van der Waals surface area contributed by atoms with Gasteiger partial charge in [-0.05, 0) is 55.9 Å². The van der Waals surface area contributed by atoms with Gasteiger partial charge >= 0.3 is 0 Å². The largest absolute Gasteiger partial charge is 0.484 e. The summed E-state index contributed by atoms with van der Waals surface area (Å²) in [4.78, 5) is 11.6. The van der Waals surface area contributed by atoms with Crippen molar-refractivity contribution in [2.75, 3.05) is 13.2 Å². The zero-order chi connectivity index (χ0) is 13.8. The first-order valence-electron chi connectivity index (χ1n) is 6.70. The highest BCUT2D eigenvalue weighted by Gasteiger charge is 2.29. The minimum atomic E-state index is -0.412. The number of carbonyl (C=O) groups excluding carboxylic acids is 1. The van der Waals surface area contributed by atoms with E-state index in [2.05, 4.69) is 11.4 Å². The topological polar surface area (TPSA) is 58.6 Å². The maximum atomic E-state index is 11.6. The molecule has 0 aromatic heterocycles. The van der Waals surface area contributed by atoms with E-state index in [0.29, 0.717) is 18.2 Å². The Hall–Kier alpha value is -1.55.